The van der Waals surface area contributed by atoms with Gasteiger partial charge in [-0.05, 0) is 78.7 Å². The third kappa shape index (κ3) is 5.43. The highest BCUT2D eigenvalue weighted by molar-refractivity contribution is 5.94. The van der Waals surface area contributed by atoms with Crippen LogP contribution in [0.4, 0.5) is 8.78 Å². The number of benzene rings is 1. The van der Waals surface area contributed by atoms with Gasteiger partial charge in [-0.1, -0.05) is 20.8 Å². The number of aromatic nitrogens is 1. The molecule has 2 aromatic rings. The number of aliphatic hydroxyl groups is 1. The van der Waals surface area contributed by atoms with Gasteiger partial charge >= 0.3 is 0 Å². The molecule has 0 unspecified atom stereocenters. The predicted molar refractivity (Wildman–Crippen MR) is 132 cm³/mol. The molecule has 1 heterocycles. The number of halogens is 2. The maximum atomic E-state index is 13.5. The summed E-state index contributed by atoms with van der Waals surface area (Å²) in [7, 11) is 0. The Bertz CT molecular complexity index is 1080. The van der Waals surface area contributed by atoms with Gasteiger partial charge in [0.1, 0.15) is 11.6 Å². The van der Waals surface area contributed by atoms with E-state index in [0.717, 1.165) is 31.7 Å². The molecule has 0 bridgehead atoms. The normalized spacial score (nSPS) is 30.7. The molecule has 2 aliphatic rings. The maximum absolute atomic E-state index is 13.5. The highest BCUT2D eigenvalue weighted by Gasteiger charge is 2.53. The van der Waals surface area contributed by atoms with Crippen molar-refractivity contribution in [1.29, 1.82) is 0 Å². The standard InChI is InChI=1S/C28H35F2N3O3/c1-16(26(35)32-15-18-12-20(29)14-21(30)13-18)22-4-8-28(3)9-5-23(17(2)24(28)25(22)34)33-27(36)19-6-10-31-11-7-19/h6-7,10-14,16-17,22-25,34H,4-5,8-9,15H2,1-3H3,(H,32,35)(H,33,36)/t16-,17+,22+,23-,24+,25-,28-/m0/s1. The summed E-state index contributed by atoms with van der Waals surface area (Å²) in [6.07, 6.45) is 5.80. The Balaban J connectivity index is 1.42. The smallest absolute Gasteiger partial charge is 0.251 e. The average Bonchev–Trinajstić information content (AvgIpc) is 2.84. The van der Waals surface area contributed by atoms with Crippen LogP contribution in [0.3, 0.4) is 0 Å². The monoisotopic (exact) mass is 499 g/mol. The van der Waals surface area contributed by atoms with Crippen molar-refractivity contribution < 1.29 is 23.5 Å². The van der Waals surface area contributed by atoms with Crippen LogP contribution in [-0.2, 0) is 11.3 Å². The van der Waals surface area contributed by atoms with Crippen LogP contribution >= 0.6 is 0 Å². The van der Waals surface area contributed by atoms with Gasteiger partial charge in [0.25, 0.3) is 5.91 Å². The van der Waals surface area contributed by atoms with E-state index in [2.05, 4.69) is 29.5 Å². The van der Waals surface area contributed by atoms with Crippen molar-refractivity contribution in [3.8, 4) is 0 Å². The first kappa shape index (κ1) is 26.2. The molecule has 4 rings (SSSR count). The van der Waals surface area contributed by atoms with E-state index >= 15 is 0 Å². The lowest BCUT2D eigenvalue weighted by atomic mass is 9.51. The number of rotatable bonds is 6. The lowest BCUT2D eigenvalue weighted by molar-refractivity contribution is -0.142. The van der Waals surface area contributed by atoms with E-state index in [1.54, 1.807) is 31.5 Å². The molecule has 2 saturated carbocycles. The second-order valence-electron chi connectivity index (χ2n) is 10.9. The lowest BCUT2D eigenvalue weighted by Crippen LogP contribution is -2.58. The van der Waals surface area contributed by atoms with Crippen molar-refractivity contribution in [2.24, 2.45) is 29.1 Å². The molecule has 2 amide bonds. The first-order chi connectivity index (χ1) is 17.1. The van der Waals surface area contributed by atoms with Crippen molar-refractivity contribution in [2.45, 2.75) is 65.1 Å². The Labute approximate surface area is 210 Å². The summed E-state index contributed by atoms with van der Waals surface area (Å²) >= 11 is 0. The molecule has 0 spiro atoms. The maximum Gasteiger partial charge on any atom is 0.251 e. The highest BCUT2D eigenvalue weighted by atomic mass is 19.1. The molecule has 0 radical (unpaired) electrons. The molecule has 7 atom stereocenters. The minimum Gasteiger partial charge on any atom is -0.392 e. The van der Waals surface area contributed by atoms with E-state index < -0.39 is 23.7 Å². The molecule has 0 saturated heterocycles. The van der Waals surface area contributed by atoms with Crippen LogP contribution in [0.2, 0.25) is 0 Å². The number of carbonyl (C=O) groups excluding carboxylic acids is 2. The number of hydrogen-bond acceptors (Lipinski definition) is 4. The van der Waals surface area contributed by atoms with Crippen LogP contribution in [0.1, 0.15) is 62.4 Å². The summed E-state index contributed by atoms with van der Waals surface area (Å²) < 4.78 is 27.0. The van der Waals surface area contributed by atoms with Gasteiger partial charge < -0.3 is 15.7 Å². The van der Waals surface area contributed by atoms with Gasteiger partial charge in [-0.2, -0.15) is 0 Å². The van der Waals surface area contributed by atoms with Gasteiger partial charge in [0.15, 0.2) is 0 Å². The minimum absolute atomic E-state index is 0.0152. The summed E-state index contributed by atoms with van der Waals surface area (Å²) in [5, 5.41) is 17.5. The fraction of sp³-hybridized carbons (Fsp3) is 0.536. The largest absolute Gasteiger partial charge is 0.392 e. The van der Waals surface area contributed by atoms with E-state index in [1.165, 1.54) is 12.1 Å². The van der Waals surface area contributed by atoms with Gasteiger partial charge in [-0.15, -0.1) is 0 Å². The van der Waals surface area contributed by atoms with Crippen LogP contribution in [-0.4, -0.2) is 34.1 Å². The SMILES string of the molecule is C[C@H]1[C@@H]2[C@@H](O)[C@@H]([C@H](C)C(=O)NCc3cc(F)cc(F)c3)CC[C@@]2(C)CC[C@@H]1NC(=O)c1ccncc1. The number of pyridine rings is 1. The molecule has 1 aromatic carbocycles. The molecule has 6 nitrogen and oxygen atoms in total. The summed E-state index contributed by atoms with van der Waals surface area (Å²) in [5.74, 6) is -2.54. The van der Waals surface area contributed by atoms with E-state index in [-0.39, 0.29) is 47.6 Å². The predicted octanol–water partition coefficient (Wildman–Crippen LogP) is 4.23. The van der Waals surface area contributed by atoms with E-state index in [9.17, 15) is 23.5 Å². The zero-order valence-electron chi connectivity index (χ0n) is 21.0. The average molecular weight is 500 g/mol. The Hall–Kier alpha value is -2.87. The molecular formula is C28H35F2N3O3. The van der Waals surface area contributed by atoms with Crippen molar-refractivity contribution in [2.75, 3.05) is 0 Å². The number of aliphatic hydroxyl groups excluding tert-OH is 1. The first-order valence-electron chi connectivity index (χ1n) is 12.7. The summed E-state index contributed by atoms with van der Waals surface area (Å²) in [6.45, 7) is 6.10. The molecule has 3 N–H and O–H groups in total. The van der Waals surface area contributed by atoms with Gasteiger partial charge in [-0.3, -0.25) is 14.6 Å². The second kappa shape index (κ2) is 10.6. The number of nitrogens with one attached hydrogen (secondary N) is 2. The van der Waals surface area contributed by atoms with Crippen LogP contribution in [0.5, 0.6) is 0 Å². The Kier molecular flexibility index (Phi) is 7.73. The Morgan fingerprint density at radius 3 is 2.44 bits per heavy atom. The topological polar surface area (TPSA) is 91.3 Å². The molecule has 8 heteroatoms. The molecule has 36 heavy (non-hydrogen) atoms. The number of hydrogen-bond donors (Lipinski definition) is 3. The number of carbonyl (C=O) groups is 2. The van der Waals surface area contributed by atoms with Crippen LogP contribution in [0, 0.1) is 40.7 Å². The van der Waals surface area contributed by atoms with Crippen molar-refractivity contribution >= 4 is 11.8 Å². The number of nitrogens with zero attached hydrogens (tertiary/aromatic N) is 1. The number of fused-ring (bicyclic) bond motifs is 1. The van der Waals surface area contributed by atoms with E-state index in [4.69, 9.17) is 0 Å². The van der Waals surface area contributed by atoms with Gasteiger partial charge in [0.05, 0.1) is 6.10 Å². The van der Waals surface area contributed by atoms with Gasteiger partial charge in [-0.25, -0.2) is 8.78 Å². The third-order valence-electron chi connectivity index (χ3n) is 8.59. The van der Waals surface area contributed by atoms with Gasteiger partial charge in [0, 0.05) is 42.5 Å². The minimum atomic E-state index is -0.702. The number of amides is 2. The molecule has 194 valence electrons. The summed E-state index contributed by atoms with van der Waals surface area (Å²) in [6, 6.07) is 6.46. The van der Waals surface area contributed by atoms with Crippen molar-refractivity contribution in [3.05, 3.63) is 65.5 Å². The van der Waals surface area contributed by atoms with E-state index in [1.807, 2.05) is 0 Å². The Morgan fingerprint density at radius 1 is 1.14 bits per heavy atom. The second-order valence-corrected chi connectivity index (χ2v) is 10.9. The van der Waals surface area contributed by atoms with Crippen molar-refractivity contribution in [1.82, 2.24) is 15.6 Å². The Morgan fingerprint density at radius 2 is 1.78 bits per heavy atom. The molecule has 2 aliphatic carbocycles. The molecule has 2 fully saturated rings. The van der Waals surface area contributed by atoms with E-state index in [0.29, 0.717) is 11.1 Å². The van der Waals surface area contributed by atoms with Gasteiger partial charge in [0.2, 0.25) is 5.91 Å². The quantitative estimate of drug-likeness (QED) is 0.555. The zero-order valence-corrected chi connectivity index (χ0v) is 21.0. The first-order valence-corrected chi connectivity index (χ1v) is 12.7. The van der Waals surface area contributed by atoms with Crippen LogP contribution < -0.4 is 10.6 Å². The molecule has 1 aromatic heterocycles. The van der Waals surface area contributed by atoms with Crippen LogP contribution in [0.15, 0.2) is 42.7 Å². The zero-order chi connectivity index (χ0) is 26.0. The molecular weight excluding hydrogens is 464 g/mol. The van der Waals surface area contributed by atoms with Crippen molar-refractivity contribution in [3.63, 3.8) is 0 Å². The molecule has 0 aliphatic heterocycles. The summed E-state index contributed by atoms with van der Waals surface area (Å²) in [4.78, 5) is 29.7. The fourth-order valence-electron chi connectivity index (χ4n) is 6.51. The fourth-order valence-corrected chi connectivity index (χ4v) is 6.51. The summed E-state index contributed by atoms with van der Waals surface area (Å²) in [5.41, 5.74) is 0.831. The third-order valence-corrected chi connectivity index (χ3v) is 8.59. The lowest BCUT2D eigenvalue weighted by Gasteiger charge is -2.56. The van der Waals surface area contributed by atoms with Crippen LogP contribution in [0.25, 0.3) is 0 Å². The highest BCUT2D eigenvalue weighted by Crippen LogP contribution is 2.55.